The van der Waals surface area contributed by atoms with Crippen LogP contribution in [0.5, 0.6) is 11.5 Å². The second-order valence-electron chi connectivity index (χ2n) is 4.06. The van der Waals surface area contributed by atoms with Crippen LogP contribution in [0.3, 0.4) is 0 Å². The zero-order valence-electron chi connectivity index (χ0n) is 9.64. The second-order valence-corrected chi connectivity index (χ2v) is 4.06. The van der Waals surface area contributed by atoms with Crippen LogP contribution in [0.15, 0.2) is 66.7 Å². The number of halogens is 1. The van der Waals surface area contributed by atoms with Gasteiger partial charge in [0.15, 0.2) is 0 Å². The Kier molecular flexibility index (Phi) is 2.69. The van der Waals surface area contributed by atoms with Crippen LogP contribution in [0, 0.1) is 5.82 Å². The molecule has 0 saturated carbocycles. The number of ether oxygens (including phenoxy) is 1. The Morgan fingerprint density at radius 1 is 0.667 bits per heavy atom. The quantitative estimate of drug-likeness (QED) is 0.624. The van der Waals surface area contributed by atoms with Gasteiger partial charge in [-0.2, -0.15) is 0 Å². The molecule has 0 aliphatic rings. The van der Waals surface area contributed by atoms with Crippen LogP contribution in [0.1, 0.15) is 0 Å². The lowest BCUT2D eigenvalue weighted by molar-refractivity contribution is 0.481. The standard InChI is InChI=1S/C16H11FO/c17-14-6-9-15(10-7-14)18-16-8-5-12-3-1-2-4-13(12)11-16/h1-11H. The normalized spacial score (nSPS) is 10.5. The van der Waals surface area contributed by atoms with E-state index in [2.05, 4.69) is 6.07 Å². The average molecular weight is 238 g/mol. The van der Waals surface area contributed by atoms with Crippen molar-refractivity contribution in [2.24, 2.45) is 0 Å². The molecule has 0 aliphatic heterocycles. The Bertz CT molecular complexity index is 674. The molecular formula is C16H11FO. The van der Waals surface area contributed by atoms with Gasteiger partial charge in [0, 0.05) is 0 Å². The molecule has 88 valence electrons. The molecule has 1 nitrogen and oxygen atoms in total. The van der Waals surface area contributed by atoms with Crippen LogP contribution in [0.4, 0.5) is 4.39 Å². The Balaban J connectivity index is 1.92. The summed E-state index contributed by atoms with van der Waals surface area (Å²) in [7, 11) is 0. The van der Waals surface area contributed by atoms with Crippen molar-refractivity contribution in [2.45, 2.75) is 0 Å². The van der Waals surface area contributed by atoms with Gasteiger partial charge < -0.3 is 4.74 Å². The second kappa shape index (κ2) is 4.49. The molecule has 0 unspecified atom stereocenters. The van der Waals surface area contributed by atoms with Crippen LogP contribution < -0.4 is 4.74 Å². The van der Waals surface area contributed by atoms with Crippen molar-refractivity contribution in [1.82, 2.24) is 0 Å². The molecule has 0 amide bonds. The maximum atomic E-state index is 12.8. The Morgan fingerprint density at radius 3 is 2.11 bits per heavy atom. The van der Waals surface area contributed by atoms with Gasteiger partial charge in [-0.05, 0) is 47.2 Å². The first kappa shape index (κ1) is 10.8. The Labute approximate surface area is 104 Å². The molecule has 0 radical (unpaired) electrons. The molecule has 18 heavy (non-hydrogen) atoms. The summed E-state index contributed by atoms with van der Waals surface area (Å²) >= 11 is 0. The van der Waals surface area contributed by atoms with Crippen molar-refractivity contribution in [3.8, 4) is 11.5 Å². The minimum Gasteiger partial charge on any atom is -0.457 e. The van der Waals surface area contributed by atoms with Crippen molar-refractivity contribution in [1.29, 1.82) is 0 Å². The van der Waals surface area contributed by atoms with E-state index in [1.165, 1.54) is 17.5 Å². The summed E-state index contributed by atoms with van der Waals surface area (Å²) < 4.78 is 18.5. The summed E-state index contributed by atoms with van der Waals surface area (Å²) in [5.41, 5.74) is 0. The third-order valence-electron chi connectivity index (χ3n) is 2.77. The van der Waals surface area contributed by atoms with E-state index in [0.29, 0.717) is 5.75 Å². The third kappa shape index (κ3) is 2.18. The van der Waals surface area contributed by atoms with E-state index < -0.39 is 0 Å². The van der Waals surface area contributed by atoms with Crippen LogP contribution >= 0.6 is 0 Å². The van der Waals surface area contributed by atoms with E-state index >= 15 is 0 Å². The molecule has 0 heterocycles. The lowest BCUT2D eigenvalue weighted by atomic mass is 10.1. The average Bonchev–Trinajstić information content (AvgIpc) is 2.41. The number of benzene rings is 3. The van der Waals surface area contributed by atoms with E-state index in [1.54, 1.807) is 12.1 Å². The number of hydrogen-bond acceptors (Lipinski definition) is 1. The summed E-state index contributed by atoms with van der Waals surface area (Å²) in [5, 5.41) is 2.29. The molecule has 0 fully saturated rings. The first-order valence-electron chi connectivity index (χ1n) is 5.73. The van der Waals surface area contributed by atoms with Gasteiger partial charge in [0.2, 0.25) is 0 Å². The molecule has 0 atom stereocenters. The summed E-state index contributed by atoms with van der Waals surface area (Å²) in [4.78, 5) is 0. The van der Waals surface area contributed by atoms with Gasteiger partial charge in [-0.25, -0.2) is 4.39 Å². The van der Waals surface area contributed by atoms with Crippen molar-refractivity contribution >= 4 is 10.8 Å². The van der Waals surface area contributed by atoms with Crippen LogP contribution in [-0.4, -0.2) is 0 Å². The summed E-state index contributed by atoms with van der Waals surface area (Å²) in [6.45, 7) is 0. The van der Waals surface area contributed by atoms with Gasteiger partial charge in [-0.3, -0.25) is 0 Å². The molecular weight excluding hydrogens is 227 g/mol. The molecule has 3 aromatic rings. The van der Waals surface area contributed by atoms with E-state index in [4.69, 9.17) is 4.74 Å². The maximum absolute atomic E-state index is 12.8. The third-order valence-corrected chi connectivity index (χ3v) is 2.77. The summed E-state index contributed by atoms with van der Waals surface area (Å²) in [5.74, 6) is 1.12. The van der Waals surface area contributed by atoms with Crippen molar-refractivity contribution < 1.29 is 9.13 Å². The van der Waals surface area contributed by atoms with E-state index in [9.17, 15) is 4.39 Å². The van der Waals surface area contributed by atoms with Crippen LogP contribution in [-0.2, 0) is 0 Å². The SMILES string of the molecule is Fc1ccc(Oc2ccc3ccccc3c2)cc1. The smallest absolute Gasteiger partial charge is 0.128 e. The van der Waals surface area contributed by atoms with Gasteiger partial charge in [0.25, 0.3) is 0 Å². The highest BCUT2D eigenvalue weighted by molar-refractivity contribution is 5.83. The van der Waals surface area contributed by atoms with Gasteiger partial charge in [0.05, 0.1) is 0 Å². The van der Waals surface area contributed by atoms with Gasteiger partial charge in [0.1, 0.15) is 17.3 Å². The van der Waals surface area contributed by atoms with Crippen molar-refractivity contribution in [3.63, 3.8) is 0 Å². The van der Waals surface area contributed by atoms with Crippen LogP contribution in [0.2, 0.25) is 0 Å². The van der Waals surface area contributed by atoms with Gasteiger partial charge in [-0.15, -0.1) is 0 Å². The van der Waals surface area contributed by atoms with E-state index in [0.717, 1.165) is 11.1 Å². The Morgan fingerprint density at radius 2 is 1.33 bits per heavy atom. The summed E-state index contributed by atoms with van der Waals surface area (Å²) in [6.07, 6.45) is 0. The molecule has 0 saturated heterocycles. The fraction of sp³-hybridized carbons (Fsp3) is 0. The predicted molar refractivity (Wildman–Crippen MR) is 70.4 cm³/mol. The first-order chi connectivity index (χ1) is 8.81. The van der Waals surface area contributed by atoms with Crippen molar-refractivity contribution in [2.75, 3.05) is 0 Å². The zero-order chi connectivity index (χ0) is 12.4. The van der Waals surface area contributed by atoms with Crippen LogP contribution in [0.25, 0.3) is 10.8 Å². The Hall–Kier alpha value is -2.35. The van der Waals surface area contributed by atoms with E-state index in [1.807, 2.05) is 36.4 Å². The minimum absolute atomic E-state index is 0.263. The number of rotatable bonds is 2. The monoisotopic (exact) mass is 238 g/mol. The molecule has 3 rings (SSSR count). The number of fused-ring (bicyclic) bond motifs is 1. The summed E-state index contributed by atoms with van der Waals surface area (Å²) in [6, 6.07) is 20.0. The molecule has 0 bridgehead atoms. The molecule has 0 aromatic heterocycles. The van der Waals surface area contributed by atoms with Gasteiger partial charge in [-0.1, -0.05) is 30.3 Å². The molecule has 0 N–H and O–H groups in total. The van der Waals surface area contributed by atoms with E-state index in [-0.39, 0.29) is 5.82 Å². The highest BCUT2D eigenvalue weighted by Crippen LogP contribution is 2.25. The minimum atomic E-state index is -0.263. The maximum Gasteiger partial charge on any atom is 0.128 e. The first-order valence-corrected chi connectivity index (χ1v) is 5.73. The lowest BCUT2D eigenvalue weighted by Gasteiger charge is -2.06. The fourth-order valence-electron chi connectivity index (χ4n) is 1.87. The predicted octanol–water partition coefficient (Wildman–Crippen LogP) is 4.77. The van der Waals surface area contributed by atoms with Crippen molar-refractivity contribution in [3.05, 3.63) is 72.5 Å². The largest absolute Gasteiger partial charge is 0.457 e. The molecule has 3 aromatic carbocycles. The van der Waals surface area contributed by atoms with Gasteiger partial charge >= 0.3 is 0 Å². The zero-order valence-corrected chi connectivity index (χ0v) is 9.64. The molecule has 2 heteroatoms. The number of hydrogen-bond donors (Lipinski definition) is 0. The highest BCUT2D eigenvalue weighted by Gasteiger charge is 1.99. The fourth-order valence-corrected chi connectivity index (χ4v) is 1.87. The highest BCUT2D eigenvalue weighted by atomic mass is 19.1. The topological polar surface area (TPSA) is 9.23 Å². The molecule has 0 spiro atoms. The lowest BCUT2D eigenvalue weighted by Crippen LogP contribution is -1.84. The molecule has 0 aliphatic carbocycles.